The molecule has 30 heavy (non-hydrogen) atoms. The zero-order valence-corrected chi connectivity index (χ0v) is 16.7. The fourth-order valence-corrected chi connectivity index (χ4v) is 3.50. The summed E-state index contributed by atoms with van der Waals surface area (Å²) in [6.45, 7) is 2.02. The Bertz CT molecular complexity index is 1170. The molecule has 3 rings (SSSR count). The number of carbonyl (C=O) groups is 1. The molecule has 0 bridgehead atoms. The largest absolute Gasteiger partial charge is 0.423 e. The van der Waals surface area contributed by atoms with Crippen molar-refractivity contribution in [1.29, 1.82) is 0 Å². The minimum Gasteiger partial charge on any atom is -0.423 e. The zero-order chi connectivity index (χ0) is 21.7. The van der Waals surface area contributed by atoms with E-state index in [1.807, 2.05) is 19.1 Å². The number of carbonyl (C=O) groups excluding carboxylic acids is 1. The highest BCUT2D eigenvalue weighted by atomic mass is 32.2. The first-order valence-corrected chi connectivity index (χ1v) is 10.3. The van der Waals surface area contributed by atoms with Crippen LogP contribution in [0.5, 0.6) is 11.5 Å². The molecule has 154 valence electrons. The molecule has 0 aliphatic rings. The molecule has 0 saturated heterocycles. The van der Waals surface area contributed by atoms with E-state index < -0.39 is 21.0 Å². The molecule has 0 atom stereocenters. The van der Waals surface area contributed by atoms with Crippen molar-refractivity contribution >= 4 is 21.8 Å². The van der Waals surface area contributed by atoms with Gasteiger partial charge in [-0.25, -0.2) is 4.79 Å². The van der Waals surface area contributed by atoms with E-state index >= 15 is 0 Å². The number of ether oxygens (including phenoxy) is 1. The van der Waals surface area contributed by atoms with Gasteiger partial charge in [-0.05, 0) is 54.4 Å². The lowest BCUT2D eigenvalue weighted by molar-refractivity contribution is -0.385. The van der Waals surface area contributed by atoms with Gasteiger partial charge in [-0.2, -0.15) is 8.42 Å². The van der Waals surface area contributed by atoms with Crippen LogP contribution in [0, 0.1) is 10.1 Å². The van der Waals surface area contributed by atoms with Crippen LogP contribution >= 0.6 is 0 Å². The van der Waals surface area contributed by atoms with Gasteiger partial charge >= 0.3 is 16.1 Å². The number of esters is 1. The van der Waals surface area contributed by atoms with Gasteiger partial charge in [0.25, 0.3) is 5.69 Å². The van der Waals surface area contributed by atoms with Gasteiger partial charge in [-0.15, -0.1) is 0 Å². The third-order valence-electron chi connectivity index (χ3n) is 4.16. The molecule has 8 nitrogen and oxygen atoms in total. The van der Waals surface area contributed by atoms with Gasteiger partial charge in [-0.1, -0.05) is 25.1 Å². The molecular weight excluding hydrogens is 410 g/mol. The minimum atomic E-state index is -4.28. The van der Waals surface area contributed by atoms with Crippen LogP contribution < -0.4 is 8.92 Å². The third kappa shape index (κ3) is 5.00. The van der Waals surface area contributed by atoms with Crippen molar-refractivity contribution in [3.63, 3.8) is 0 Å². The van der Waals surface area contributed by atoms with E-state index in [0.717, 1.165) is 18.1 Å². The van der Waals surface area contributed by atoms with Gasteiger partial charge in [0, 0.05) is 12.1 Å². The minimum absolute atomic E-state index is 0.0506. The van der Waals surface area contributed by atoms with Gasteiger partial charge in [0.15, 0.2) is 0 Å². The Morgan fingerprint density at radius 3 is 2.20 bits per heavy atom. The lowest BCUT2D eigenvalue weighted by Crippen LogP contribution is -2.11. The Labute approximate surface area is 173 Å². The van der Waals surface area contributed by atoms with E-state index in [9.17, 15) is 23.3 Å². The smallest absolute Gasteiger partial charge is 0.343 e. The first-order chi connectivity index (χ1) is 14.3. The first kappa shape index (κ1) is 21.0. The maximum absolute atomic E-state index is 12.4. The molecule has 0 unspecified atom stereocenters. The van der Waals surface area contributed by atoms with Gasteiger partial charge in [0.05, 0.1) is 10.5 Å². The van der Waals surface area contributed by atoms with Gasteiger partial charge in [0.1, 0.15) is 16.4 Å². The predicted molar refractivity (Wildman–Crippen MR) is 108 cm³/mol. The van der Waals surface area contributed by atoms with E-state index in [-0.39, 0.29) is 21.9 Å². The van der Waals surface area contributed by atoms with Gasteiger partial charge in [0.2, 0.25) is 0 Å². The second-order valence-corrected chi connectivity index (χ2v) is 7.75. The van der Waals surface area contributed by atoms with Crippen LogP contribution in [-0.4, -0.2) is 19.3 Å². The normalized spacial score (nSPS) is 11.0. The number of benzene rings is 3. The Morgan fingerprint density at radius 2 is 1.60 bits per heavy atom. The van der Waals surface area contributed by atoms with Crippen molar-refractivity contribution in [2.45, 2.75) is 18.2 Å². The van der Waals surface area contributed by atoms with Crippen LogP contribution in [0.1, 0.15) is 22.8 Å². The summed E-state index contributed by atoms with van der Waals surface area (Å²) in [5, 5.41) is 10.8. The van der Waals surface area contributed by atoms with Crippen molar-refractivity contribution in [2.75, 3.05) is 0 Å². The molecular formula is C21H17NO7S. The van der Waals surface area contributed by atoms with Crippen LogP contribution in [0.25, 0.3) is 0 Å². The van der Waals surface area contributed by atoms with Crippen molar-refractivity contribution in [3.05, 3.63) is 94.0 Å². The molecule has 0 aromatic heterocycles. The molecule has 3 aromatic carbocycles. The number of nitrogens with zero attached hydrogens (tertiary/aromatic N) is 1. The van der Waals surface area contributed by atoms with Gasteiger partial charge in [-0.3, -0.25) is 10.1 Å². The molecule has 0 amide bonds. The molecule has 0 heterocycles. The Hall–Kier alpha value is -3.72. The highest BCUT2D eigenvalue weighted by Gasteiger charge is 2.20. The molecule has 0 saturated carbocycles. The standard InChI is InChI=1S/C21H17NO7S/c1-2-15-6-10-18(11-7-15)28-21(23)16-8-12-19(13-9-16)29-30(26,27)20-5-3-4-17(14-20)22(24)25/h3-14H,2H2,1H3. The Balaban J connectivity index is 1.71. The number of non-ortho nitro benzene ring substituents is 1. The highest BCUT2D eigenvalue weighted by Crippen LogP contribution is 2.23. The molecule has 0 radical (unpaired) electrons. The monoisotopic (exact) mass is 427 g/mol. The molecule has 3 aromatic rings. The van der Waals surface area contributed by atoms with Crippen molar-refractivity contribution < 1.29 is 27.1 Å². The molecule has 9 heteroatoms. The number of nitro groups is 1. The van der Waals surface area contributed by atoms with E-state index in [2.05, 4.69) is 0 Å². The second-order valence-electron chi connectivity index (χ2n) is 6.20. The number of nitro benzene ring substituents is 1. The fourth-order valence-electron chi connectivity index (χ4n) is 2.53. The summed E-state index contributed by atoms with van der Waals surface area (Å²) in [7, 11) is -4.28. The van der Waals surface area contributed by atoms with E-state index in [1.165, 1.54) is 42.5 Å². The molecule has 0 N–H and O–H groups in total. The topological polar surface area (TPSA) is 113 Å². The van der Waals surface area contributed by atoms with Crippen LogP contribution in [0.4, 0.5) is 5.69 Å². The maximum atomic E-state index is 12.4. The second kappa shape index (κ2) is 8.75. The number of aryl methyl sites for hydroxylation is 1. The lowest BCUT2D eigenvalue weighted by atomic mass is 10.2. The zero-order valence-electron chi connectivity index (χ0n) is 15.8. The summed E-state index contributed by atoms with van der Waals surface area (Å²) in [6, 6.07) is 17.0. The van der Waals surface area contributed by atoms with Crippen LogP contribution in [0.15, 0.2) is 77.7 Å². The molecule has 0 aliphatic carbocycles. The first-order valence-electron chi connectivity index (χ1n) is 8.88. The van der Waals surface area contributed by atoms with Crippen molar-refractivity contribution in [1.82, 2.24) is 0 Å². The molecule has 0 spiro atoms. The number of rotatable bonds is 7. The summed E-state index contributed by atoms with van der Waals surface area (Å²) in [5.74, 6) is -0.261. The van der Waals surface area contributed by atoms with Crippen LogP contribution in [0.2, 0.25) is 0 Å². The Morgan fingerprint density at radius 1 is 0.967 bits per heavy atom. The summed E-state index contributed by atoms with van der Waals surface area (Å²) in [6.07, 6.45) is 0.870. The van der Waals surface area contributed by atoms with Crippen molar-refractivity contribution in [2.24, 2.45) is 0 Å². The number of hydrogen-bond donors (Lipinski definition) is 0. The average molecular weight is 427 g/mol. The molecule has 0 aliphatic heterocycles. The van der Waals surface area contributed by atoms with E-state index in [1.54, 1.807) is 12.1 Å². The maximum Gasteiger partial charge on any atom is 0.343 e. The van der Waals surface area contributed by atoms with E-state index in [0.29, 0.717) is 5.75 Å². The van der Waals surface area contributed by atoms with Crippen LogP contribution in [0.3, 0.4) is 0 Å². The third-order valence-corrected chi connectivity index (χ3v) is 5.40. The van der Waals surface area contributed by atoms with Crippen LogP contribution in [-0.2, 0) is 16.5 Å². The summed E-state index contributed by atoms with van der Waals surface area (Å²) in [5.41, 5.74) is 0.945. The quantitative estimate of drug-likeness (QED) is 0.183. The summed E-state index contributed by atoms with van der Waals surface area (Å²) >= 11 is 0. The molecule has 0 fully saturated rings. The summed E-state index contributed by atoms with van der Waals surface area (Å²) in [4.78, 5) is 22.0. The fraction of sp³-hybridized carbons (Fsp3) is 0.0952. The summed E-state index contributed by atoms with van der Waals surface area (Å²) < 4.78 is 35.0. The van der Waals surface area contributed by atoms with Gasteiger partial charge < -0.3 is 8.92 Å². The SMILES string of the molecule is CCc1ccc(OC(=O)c2ccc(OS(=O)(=O)c3cccc([N+](=O)[O-])c3)cc2)cc1. The predicted octanol–water partition coefficient (Wildman–Crippen LogP) is 4.14. The highest BCUT2D eigenvalue weighted by molar-refractivity contribution is 7.87. The van der Waals surface area contributed by atoms with Crippen molar-refractivity contribution in [3.8, 4) is 11.5 Å². The lowest BCUT2D eigenvalue weighted by Gasteiger charge is -2.08. The Kier molecular flexibility index (Phi) is 6.12. The van der Waals surface area contributed by atoms with E-state index in [4.69, 9.17) is 8.92 Å². The average Bonchev–Trinajstić information content (AvgIpc) is 2.74. The number of hydrogen-bond acceptors (Lipinski definition) is 7.